The molecule has 0 spiro atoms. The second-order valence-corrected chi connectivity index (χ2v) is 3.55. The first-order valence-electron chi connectivity index (χ1n) is 4.63. The summed E-state index contributed by atoms with van der Waals surface area (Å²) in [6.07, 6.45) is 4.20. The molecule has 1 aliphatic carbocycles. The van der Waals surface area contributed by atoms with Crippen LogP contribution in [0, 0.1) is 11.8 Å². The zero-order chi connectivity index (χ0) is 8.97. The minimum atomic E-state index is -0.616. The molecule has 1 fully saturated rings. The van der Waals surface area contributed by atoms with Gasteiger partial charge < -0.3 is 10.4 Å². The van der Waals surface area contributed by atoms with Gasteiger partial charge in [0.15, 0.2) is 0 Å². The van der Waals surface area contributed by atoms with E-state index in [-0.39, 0.29) is 5.92 Å². The summed E-state index contributed by atoms with van der Waals surface area (Å²) in [4.78, 5) is 10.8. The molecule has 0 aromatic heterocycles. The molecule has 0 saturated heterocycles. The molecule has 0 aromatic rings. The number of aliphatic carboxylic acids is 1. The summed E-state index contributed by atoms with van der Waals surface area (Å²) in [6.45, 7) is 0.844. The van der Waals surface area contributed by atoms with Gasteiger partial charge in [0.05, 0.1) is 5.92 Å². The molecule has 3 heteroatoms. The third-order valence-electron chi connectivity index (χ3n) is 2.69. The highest BCUT2D eigenvalue weighted by molar-refractivity contribution is 5.70. The van der Waals surface area contributed by atoms with Crippen LogP contribution in [0.1, 0.15) is 25.7 Å². The summed E-state index contributed by atoms with van der Waals surface area (Å²) in [5, 5.41) is 12.0. The molecule has 1 aliphatic rings. The zero-order valence-electron chi connectivity index (χ0n) is 7.55. The molecule has 1 rings (SSSR count). The highest BCUT2D eigenvalue weighted by Crippen LogP contribution is 2.29. The Labute approximate surface area is 73.2 Å². The Bertz CT molecular complexity index is 157. The summed E-state index contributed by atoms with van der Waals surface area (Å²) < 4.78 is 0. The lowest BCUT2D eigenvalue weighted by atomic mass is 9.79. The monoisotopic (exact) mass is 171 g/mol. The minimum Gasteiger partial charge on any atom is -0.481 e. The van der Waals surface area contributed by atoms with E-state index in [4.69, 9.17) is 5.11 Å². The molecule has 70 valence electrons. The van der Waals surface area contributed by atoms with Gasteiger partial charge in [-0.15, -0.1) is 0 Å². The second-order valence-electron chi connectivity index (χ2n) is 3.55. The van der Waals surface area contributed by atoms with E-state index in [1.54, 1.807) is 0 Å². The fraction of sp³-hybridized carbons (Fsp3) is 0.889. The number of hydrogen-bond donors (Lipinski definition) is 2. The smallest absolute Gasteiger partial charge is 0.306 e. The van der Waals surface area contributed by atoms with Crippen molar-refractivity contribution in [2.24, 2.45) is 11.8 Å². The highest BCUT2D eigenvalue weighted by atomic mass is 16.4. The third kappa shape index (κ3) is 2.21. The molecule has 0 heterocycles. The SMILES string of the molecule is CNC[C@@H]1CCCC[C@@H]1C(=O)O. The molecule has 0 bridgehead atoms. The quantitative estimate of drug-likeness (QED) is 0.668. The van der Waals surface area contributed by atoms with Crippen LogP contribution in [0.15, 0.2) is 0 Å². The van der Waals surface area contributed by atoms with Gasteiger partial charge in [-0.25, -0.2) is 0 Å². The van der Waals surface area contributed by atoms with Gasteiger partial charge in [0.2, 0.25) is 0 Å². The van der Waals surface area contributed by atoms with Crippen molar-refractivity contribution in [1.82, 2.24) is 5.32 Å². The highest BCUT2D eigenvalue weighted by Gasteiger charge is 2.29. The van der Waals surface area contributed by atoms with Crippen molar-refractivity contribution in [2.75, 3.05) is 13.6 Å². The third-order valence-corrected chi connectivity index (χ3v) is 2.69. The summed E-state index contributed by atoms with van der Waals surface area (Å²) in [5.41, 5.74) is 0. The van der Waals surface area contributed by atoms with Gasteiger partial charge in [0, 0.05) is 0 Å². The molecular formula is C9H17NO2. The van der Waals surface area contributed by atoms with Crippen LogP contribution in [0.5, 0.6) is 0 Å². The lowest BCUT2D eigenvalue weighted by Gasteiger charge is -2.28. The lowest BCUT2D eigenvalue weighted by molar-refractivity contribution is -0.144. The molecule has 2 N–H and O–H groups in total. The largest absolute Gasteiger partial charge is 0.481 e. The van der Waals surface area contributed by atoms with Crippen molar-refractivity contribution >= 4 is 5.97 Å². The predicted octanol–water partition coefficient (Wildman–Crippen LogP) is 1.10. The maximum Gasteiger partial charge on any atom is 0.306 e. The average molecular weight is 171 g/mol. The van der Waals surface area contributed by atoms with Crippen LogP contribution in [0.25, 0.3) is 0 Å². The van der Waals surface area contributed by atoms with Crippen LogP contribution in [0.4, 0.5) is 0 Å². The minimum absolute atomic E-state index is 0.105. The molecular weight excluding hydrogens is 154 g/mol. The molecule has 12 heavy (non-hydrogen) atoms. The van der Waals surface area contributed by atoms with Gasteiger partial charge in [-0.05, 0) is 32.4 Å². The van der Waals surface area contributed by atoms with E-state index in [0.29, 0.717) is 5.92 Å². The van der Waals surface area contributed by atoms with Gasteiger partial charge in [-0.1, -0.05) is 12.8 Å². The van der Waals surface area contributed by atoms with E-state index in [1.807, 2.05) is 7.05 Å². The van der Waals surface area contributed by atoms with Crippen molar-refractivity contribution in [1.29, 1.82) is 0 Å². The average Bonchev–Trinajstić information content (AvgIpc) is 2.05. The van der Waals surface area contributed by atoms with Crippen LogP contribution in [-0.4, -0.2) is 24.7 Å². The fourth-order valence-electron chi connectivity index (χ4n) is 2.04. The number of carbonyl (C=O) groups is 1. The Kier molecular flexibility index (Phi) is 3.53. The number of carboxylic acid groups (broad SMARTS) is 1. The van der Waals surface area contributed by atoms with Gasteiger partial charge in [-0.2, -0.15) is 0 Å². The standard InChI is InChI=1S/C9H17NO2/c1-10-6-7-4-2-3-5-8(7)9(11)12/h7-8,10H,2-6H2,1H3,(H,11,12)/t7-,8-/m0/s1. The summed E-state index contributed by atoms with van der Waals surface area (Å²) in [6, 6.07) is 0. The van der Waals surface area contributed by atoms with Gasteiger partial charge in [-0.3, -0.25) is 4.79 Å². The Hall–Kier alpha value is -0.570. The van der Waals surface area contributed by atoms with E-state index in [2.05, 4.69) is 5.32 Å². The van der Waals surface area contributed by atoms with Crippen molar-refractivity contribution in [2.45, 2.75) is 25.7 Å². The van der Waals surface area contributed by atoms with Gasteiger partial charge >= 0.3 is 5.97 Å². The van der Waals surface area contributed by atoms with Crippen molar-refractivity contribution in [3.63, 3.8) is 0 Å². The van der Waals surface area contributed by atoms with E-state index < -0.39 is 5.97 Å². The molecule has 2 atom stereocenters. The molecule has 0 aromatic carbocycles. The summed E-state index contributed by atoms with van der Waals surface area (Å²) in [7, 11) is 1.88. The topological polar surface area (TPSA) is 49.3 Å². The van der Waals surface area contributed by atoms with Crippen molar-refractivity contribution in [3.05, 3.63) is 0 Å². The number of rotatable bonds is 3. The fourth-order valence-corrected chi connectivity index (χ4v) is 2.04. The number of hydrogen-bond acceptors (Lipinski definition) is 2. The Morgan fingerprint density at radius 2 is 2.17 bits per heavy atom. The Balaban J connectivity index is 2.48. The zero-order valence-corrected chi connectivity index (χ0v) is 7.55. The molecule has 0 radical (unpaired) electrons. The first-order chi connectivity index (χ1) is 5.75. The Morgan fingerprint density at radius 1 is 1.50 bits per heavy atom. The number of carboxylic acids is 1. The van der Waals surface area contributed by atoms with E-state index >= 15 is 0 Å². The first-order valence-corrected chi connectivity index (χ1v) is 4.63. The molecule has 1 saturated carbocycles. The predicted molar refractivity (Wildman–Crippen MR) is 47.0 cm³/mol. The first kappa shape index (κ1) is 9.52. The van der Waals surface area contributed by atoms with Crippen LogP contribution < -0.4 is 5.32 Å². The summed E-state index contributed by atoms with van der Waals surface area (Å²) >= 11 is 0. The van der Waals surface area contributed by atoms with E-state index in [1.165, 1.54) is 6.42 Å². The van der Waals surface area contributed by atoms with Crippen LogP contribution in [-0.2, 0) is 4.79 Å². The number of nitrogens with one attached hydrogen (secondary N) is 1. The van der Waals surface area contributed by atoms with E-state index in [9.17, 15) is 4.79 Å². The normalized spacial score (nSPS) is 30.1. The van der Waals surface area contributed by atoms with Crippen molar-refractivity contribution < 1.29 is 9.90 Å². The van der Waals surface area contributed by atoms with E-state index in [0.717, 1.165) is 25.8 Å². The maximum absolute atomic E-state index is 10.8. The van der Waals surface area contributed by atoms with Crippen LogP contribution in [0.2, 0.25) is 0 Å². The lowest BCUT2D eigenvalue weighted by Crippen LogP contribution is -2.33. The van der Waals surface area contributed by atoms with Crippen molar-refractivity contribution in [3.8, 4) is 0 Å². The van der Waals surface area contributed by atoms with Gasteiger partial charge in [0.1, 0.15) is 0 Å². The maximum atomic E-state index is 10.8. The Morgan fingerprint density at radius 3 is 2.75 bits per heavy atom. The molecule has 0 unspecified atom stereocenters. The van der Waals surface area contributed by atoms with Crippen LogP contribution >= 0.6 is 0 Å². The van der Waals surface area contributed by atoms with Gasteiger partial charge in [0.25, 0.3) is 0 Å². The molecule has 3 nitrogen and oxygen atoms in total. The molecule has 0 amide bonds. The second kappa shape index (κ2) is 4.45. The van der Waals surface area contributed by atoms with Crippen LogP contribution in [0.3, 0.4) is 0 Å². The molecule has 0 aliphatic heterocycles. The summed E-state index contributed by atoms with van der Waals surface area (Å²) in [5.74, 6) is -0.373.